The van der Waals surface area contributed by atoms with Crippen LogP contribution in [-0.4, -0.2) is 23.5 Å². The fourth-order valence-electron chi connectivity index (χ4n) is 2.26. The van der Waals surface area contributed by atoms with E-state index in [9.17, 15) is 14.0 Å². The summed E-state index contributed by atoms with van der Waals surface area (Å²) in [6.45, 7) is 3.57. The number of aryl methyl sites for hydroxylation is 2. The van der Waals surface area contributed by atoms with Crippen LogP contribution in [0.4, 0.5) is 4.39 Å². The monoisotopic (exact) mass is 401 g/mol. The number of nitrogens with one attached hydrogen (secondary N) is 3. The van der Waals surface area contributed by atoms with Crippen LogP contribution in [0.3, 0.4) is 0 Å². The van der Waals surface area contributed by atoms with E-state index in [0.717, 1.165) is 11.1 Å². The Balaban J connectivity index is 1.73. The molecule has 8 heteroatoms. The van der Waals surface area contributed by atoms with E-state index >= 15 is 0 Å². The largest absolute Gasteiger partial charge is 0.483 e. The van der Waals surface area contributed by atoms with Crippen molar-refractivity contribution in [3.8, 4) is 5.75 Å². The number of benzene rings is 2. The van der Waals surface area contributed by atoms with Crippen LogP contribution in [0.15, 0.2) is 48.5 Å². The first-order valence-corrected chi connectivity index (χ1v) is 8.78. The van der Waals surface area contributed by atoms with Crippen LogP contribution in [0.2, 0.25) is 0 Å². The van der Waals surface area contributed by atoms with Gasteiger partial charge in [0.1, 0.15) is 11.6 Å². The highest BCUT2D eigenvalue weighted by Crippen LogP contribution is 2.21. The van der Waals surface area contributed by atoms with E-state index in [2.05, 4.69) is 16.2 Å². The summed E-state index contributed by atoms with van der Waals surface area (Å²) < 4.78 is 18.3. The summed E-state index contributed by atoms with van der Waals surface area (Å²) in [5.74, 6) is -0.660. The number of amides is 2. The molecule has 0 bridgehead atoms. The molecule has 3 N–H and O–H groups in total. The molecular weight excluding hydrogens is 381 g/mol. The number of para-hydroxylation sites is 1. The van der Waals surface area contributed by atoms with Gasteiger partial charge >= 0.3 is 0 Å². The van der Waals surface area contributed by atoms with Gasteiger partial charge in [-0.15, -0.1) is 0 Å². The minimum absolute atomic E-state index is 0.0748. The molecule has 0 atom stereocenters. The molecule has 0 heterocycles. The van der Waals surface area contributed by atoms with Crippen molar-refractivity contribution in [2.24, 2.45) is 0 Å². The van der Waals surface area contributed by atoms with Gasteiger partial charge in [0, 0.05) is 6.08 Å². The highest BCUT2D eigenvalue weighted by molar-refractivity contribution is 7.80. The summed E-state index contributed by atoms with van der Waals surface area (Å²) in [5, 5.41) is 2.30. The van der Waals surface area contributed by atoms with Crippen molar-refractivity contribution in [1.29, 1.82) is 0 Å². The van der Waals surface area contributed by atoms with Crippen LogP contribution < -0.4 is 20.9 Å². The Labute approximate surface area is 167 Å². The van der Waals surface area contributed by atoms with Crippen LogP contribution in [0.1, 0.15) is 16.7 Å². The second-order valence-corrected chi connectivity index (χ2v) is 6.29. The molecule has 0 aliphatic rings. The van der Waals surface area contributed by atoms with Crippen molar-refractivity contribution >= 4 is 35.2 Å². The fourth-order valence-corrected chi connectivity index (χ4v) is 2.41. The van der Waals surface area contributed by atoms with E-state index < -0.39 is 11.8 Å². The third-order valence-corrected chi connectivity index (χ3v) is 3.81. The second kappa shape index (κ2) is 10.2. The third-order valence-electron chi connectivity index (χ3n) is 3.61. The molecule has 146 valence electrons. The lowest BCUT2D eigenvalue weighted by Gasteiger charge is -2.13. The molecule has 0 radical (unpaired) electrons. The van der Waals surface area contributed by atoms with Gasteiger partial charge in [-0.25, -0.2) is 4.39 Å². The average molecular weight is 401 g/mol. The maximum absolute atomic E-state index is 12.8. The van der Waals surface area contributed by atoms with Gasteiger partial charge in [-0.1, -0.05) is 30.3 Å². The molecule has 2 amide bonds. The number of carbonyl (C=O) groups is 2. The number of halogens is 1. The normalized spacial score (nSPS) is 10.4. The molecule has 0 saturated carbocycles. The fraction of sp³-hybridized carbons (Fsp3) is 0.150. The highest BCUT2D eigenvalue weighted by atomic mass is 32.1. The van der Waals surface area contributed by atoms with Gasteiger partial charge < -0.3 is 4.74 Å². The zero-order valence-electron chi connectivity index (χ0n) is 15.4. The van der Waals surface area contributed by atoms with E-state index in [1.54, 1.807) is 0 Å². The summed E-state index contributed by atoms with van der Waals surface area (Å²) in [4.78, 5) is 23.6. The second-order valence-electron chi connectivity index (χ2n) is 5.89. The Morgan fingerprint density at radius 1 is 1.07 bits per heavy atom. The van der Waals surface area contributed by atoms with Gasteiger partial charge in [-0.3, -0.25) is 25.8 Å². The highest BCUT2D eigenvalue weighted by Gasteiger charge is 2.08. The number of ether oxygens (including phenoxy) is 1. The first-order valence-electron chi connectivity index (χ1n) is 8.37. The lowest BCUT2D eigenvalue weighted by atomic mass is 10.1. The molecule has 0 unspecified atom stereocenters. The van der Waals surface area contributed by atoms with E-state index in [0.29, 0.717) is 11.3 Å². The van der Waals surface area contributed by atoms with Crippen LogP contribution in [-0.2, 0) is 9.59 Å². The summed E-state index contributed by atoms with van der Waals surface area (Å²) in [6.07, 6.45) is 2.75. The number of rotatable bonds is 5. The molecule has 2 aromatic rings. The number of hydrogen-bond donors (Lipinski definition) is 3. The van der Waals surface area contributed by atoms with Gasteiger partial charge in [0.05, 0.1) is 0 Å². The minimum atomic E-state index is -0.497. The number of carbonyl (C=O) groups excluding carboxylic acids is 2. The maximum atomic E-state index is 12.8. The zero-order valence-corrected chi connectivity index (χ0v) is 16.2. The average Bonchev–Trinajstić information content (AvgIpc) is 2.65. The van der Waals surface area contributed by atoms with Gasteiger partial charge in [0.15, 0.2) is 11.7 Å². The molecule has 2 aromatic carbocycles. The molecule has 0 spiro atoms. The van der Waals surface area contributed by atoms with Gasteiger partial charge in [-0.2, -0.15) is 0 Å². The summed E-state index contributed by atoms with van der Waals surface area (Å²) in [5.41, 5.74) is 7.28. The van der Waals surface area contributed by atoms with Crippen LogP contribution in [0.5, 0.6) is 5.75 Å². The summed E-state index contributed by atoms with van der Waals surface area (Å²) >= 11 is 4.93. The predicted octanol–water partition coefficient (Wildman–Crippen LogP) is 2.56. The first-order chi connectivity index (χ1) is 13.3. The van der Waals surface area contributed by atoms with E-state index in [1.807, 2.05) is 32.0 Å². The van der Waals surface area contributed by atoms with Crippen LogP contribution in [0, 0.1) is 19.7 Å². The van der Waals surface area contributed by atoms with Crippen molar-refractivity contribution < 1.29 is 18.7 Å². The molecule has 0 fully saturated rings. The lowest BCUT2D eigenvalue weighted by molar-refractivity contribution is -0.123. The number of thiocarbonyl (C=S) groups is 1. The Morgan fingerprint density at radius 3 is 2.36 bits per heavy atom. The Bertz CT molecular complexity index is 878. The Kier molecular flexibility index (Phi) is 7.65. The molecule has 0 aromatic heterocycles. The van der Waals surface area contributed by atoms with Crippen molar-refractivity contribution in [3.05, 3.63) is 71.0 Å². The third kappa shape index (κ3) is 6.81. The number of hydrogen-bond acceptors (Lipinski definition) is 4. The molecule has 0 aliphatic heterocycles. The molecular formula is C20H20FN3O3S. The molecule has 0 saturated heterocycles. The van der Waals surface area contributed by atoms with Crippen molar-refractivity contribution in [2.45, 2.75) is 13.8 Å². The van der Waals surface area contributed by atoms with E-state index in [4.69, 9.17) is 17.0 Å². The minimum Gasteiger partial charge on any atom is -0.483 e. The lowest BCUT2D eigenvalue weighted by Crippen LogP contribution is -2.49. The Morgan fingerprint density at radius 2 is 1.71 bits per heavy atom. The van der Waals surface area contributed by atoms with Crippen molar-refractivity contribution in [1.82, 2.24) is 16.2 Å². The number of hydrazine groups is 1. The van der Waals surface area contributed by atoms with E-state index in [-0.39, 0.29) is 17.5 Å². The van der Waals surface area contributed by atoms with Crippen molar-refractivity contribution in [3.63, 3.8) is 0 Å². The quantitative estimate of drug-likeness (QED) is 0.408. The maximum Gasteiger partial charge on any atom is 0.276 e. The standard InChI is InChI=1S/C20H20FN3O3S/c1-13-4-3-5-14(2)19(13)27-12-18(26)23-24-20(28)22-17(25)11-8-15-6-9-16(21)10-7-15/h3-11H,12H2,1-2H3,(H,23,26)(H2,22,24,25,28). The van der Waals surface area contributed by atoms with Crippen LogP contribution >= 0.6 is 12.2 Å². The smallest absolute Gasteiger partial charge is 0.276 e. The molecule has 0 aliphatic carbocycles. The Hall–Kier alpha value is -3.26. The van der Waals surface area contributed by atoms with Gasteiger partial charge in [-0.05, 0) is 61.0 Å². The predicted molar refractivity (Wildman–Crippen MR) is 109 cm³/mol. The summed E-state index contributed by atoms with van der Waals surface area (Å²) in [6, 6.07) is 11.3. The molecule has 2 rings (SSSR count). The van der Waals surface area contributed by atoms with Gasteiger partial charge in [0.2, 0.25) is 5.91 Å². The van der Waals surface area contributed by atoms with E-state index in [1.165, 1.54) is 36.4 Å². The SMILES string of the molecule is Cc1cccc(C)c1OCC(=O)NNC(=S)NC(=O)C=Cc1ccc(F)cc1. The topological polar surface area (TPSA) is 79.5 Å². The zero-order chi connectivity index (χ0) is 20.5. The summed E-state index contributed by atoms with van der Waals surface area (Å²) in [7, 11) is 0. The van der Waals surface area contributed by atoms with Gasteiger partial charge in [0.25, 0.3) is 5.91 Å². The van der Waals surface area contributed by atoms with Crippen molar-refractivity contribution in [2.75, 3.05) is 6.61 Å². The molecule has 6 nitrogen and oxygen atoms in total. The molecule has 28 heavy (non-hydrogen) atoms. The van der Waals surface area contributed by atoms with Crippen LogP contribution in [0.25, 0.3) is 6.08 Å². The first kappa shape index (κ1) is 21.0.